The van der Waals surface area contributed by atoms with Crippen LogP contribution in [0.1, 0.15) is 41.0 Å². The van der Waals surface area contributed by atoms with Crippen LogP contribution < -0.4 is 15.0 Å². The van der Waals surface area contributed by atoms with Gasteiger partial charge in [-0.2, -0.15) is 0 Å². The molecule has 2 aromatic rings. The molecule has 0 bridgehead atoms. The van der Waals surface area contributed by atoms with Gasteiger partial charge in [-0.3, -0.25) is 4.79 Å². The number of carbonyl (C=O) groups is 1. The topological polar surface area (TPSA) is 80.2 Å². The average molecular weight is 341 g/mol. The molecule has 1 aliphatic heterocycles. The predicted molar refractivity (Wildman–Crippen MR) is 94.8 cm³/mol. The summed E-state index contributed by atoms with van der Waals surface area (Å²) in [5.74, 6) is 0.830. The molecule has 0 atom stereocenters. The Bertz CT molecular complexity index is 744. The Morgan fingerprint density at radius 1 is 1.28 bits per heavy atom. The van der Waals surface area contributed by atoms with Crippen molar-refractivity contribution in [1.82, 2.24) is 20.3 Å². The number of methoxy groups -OCH3 is 1. The van der Waals surface area contributed by atoms with Crippen molar-refractivity contribution in [1.29, 1.82) is 0 Å². The lowest BCUT2D eigenvalue weighted by Crippen LogP contribution is -2.32. The molecule has 1 aliphatic rings. The molecule has 3 heterocycles. The van der Waals surface area contributed by atoms with Crippen LogP contribution in [0.25, 0.3) is 0 Å². The Hall–Kier alpha value is -2.70. The van der Waals surface area contributed by atoms with Crippen molar-refractivity contribution in [2.75, 3.05) is 25.1 Å². The highest BCUT2D eigenvalue weighted by molar-refractivity contribution is 5.96. The first-order chi connectivity index (χ1) is 12.2. The Morgan fingerprint density at radius 3 is 2.84 bits per heavy atom. The second kappa shape index (κ2) is 7.92. The molecule has 1 amide bonds. The van der Waals surface area contributed by atoms with E-state index in [1.807, 2.05) is 13.0 Å². The fourth-order valence-electron chi connectivity index (χ4n) is 2.94. The van der Waals surface area contributed by atoms with E-state index < -0.39 is 0 Å². The highest BCUT2D eigenvalue weighted by Crippen LogP contribution is 2.17. The summed E-state index contributed by atoms with van der Waals surface area (Å²) in [4.78, 5) is 27.8. The molecule has 3 rings (SSSR count). The summed E-state index contributed by atoms with van der Waals surface area (Å²) in [7, 11) is 1.50. The van der Waals surface area contributed by atoms with Gasteiger partial charge in [0.15, 0.2) is 0 Å². The van der Waals surface area contributed by atoms with Crippen molar-refractivity contribution in [3.05, 3.63) is 41.3 Å². The number of hydrogen-bond acceptors (Lipinski definition) is 6. The van der Waals surface area contributed by atoms with E-state index in [4.69, 9.17) is 4.74 Å². The molecule has 1 N–H and O–H groups in total. The molecule has 0 radical (unpaired) electrons. The van der Waals surface area contributed by atoms with Gasteiger partial charge in [-0.25, -0.2) is 15.0 Å². The summed E-state index contributed by atoms with van der Waals surface area (Å²) in [6, 6.07) is 5.29. The summed E-state index contributed by atoms with van der Waals surface area (Å²) in [6.07, 6.45) is 5.20. The number of amides is 1. The number of pyridine rings is 1. The molecule has 0 unspecified atom stereocenters. The quantitative estimate of drug-likeness (QED) is 0.897. The number of rotatable bonds is 5. The molecular weight excluding hydrogens is 318 g/mol. The summed E-state index contributed by atoms with van der Waals surface area (Å²) >= 11 is 0. The fourth-order valence-corrected chi connectivity index (χ4v) is 2.94. The van der Waals surface area contributed by atoms with Gasteiger partial charge in [-0.05, 0) is 44.4 Å². The molecule has 0 spiro atoms. The Balaban J connectivity index is 1.70. The number of piperidine rings is 1. The van der Waals surface area contributed by atoms with Gasteiger partial charge in [0, 0.05) is 25.0 Å². The van der Waals surface area contributed by atoms with E-state index in [9.17, 15) is 4.79 Å². The van der Waals surface area contributed by atoms with Gasteiger partial charge in [0.25, 0.3) is 5.91 Å². The van der Waals surface area contributed by atoms with E-state index >= 15 is 0 Å². The lowest BCUT2D eigenvalue weighted by atomic mass is 10.1. The van der Waals surface area contributed by atoms with E-state index in [2.05, 4.69) is 25.2 Å². The number of ether oxygens (including phenoxy) is 1. The maximum atomic E-state index is 12.4. The van der Waals surface area contributed by atoms with E-state index in [0.717, 1.165) is 30.4 Å². The molecule has 0 aromatic carbocycles. The van der Waals surface area contributed by atoms with Gasteiger partial charge in [0.2, 0.25) is 11.8 Å². The van der Waals surface area contributed by atoms with Gasteiger partial charge in [-0.1, -0.05) is 0 Å². The lowest BCUT2D eigenvalue weighted by Gasteiger charge is -2.27. The van der Waals surface area contributed by atoms with Gasteiger partial charge >= 0.3 is 0 Å². The monoisotopic (exact) mass is 341 g/mol. The normalized spacial score (nSPS) is 14.2. The minimum absolute atomic E-state index is 0.235. The van der Waals surface area contributed by atoms with Crippen molar-refractivity contribution >= 4 is 11.9 Å². The number of aryl methyl sites for hydroxylation is 1. The van der Waals surface area contributed by atoms with E-state index in [1.54, 1.807) is 18.3 Å². The highest BCUT2D eigenvalue weighted by Gasteiger charge is 2.16. The highest BCUT2D eigenvalue weighted by atomic mass is 16.5. The summed E-state index contributed by atoms with van der Waals surface area (Å²) < 4.78 is 5.13. The van der Waals surface area contributed by atoms with Crippen LogP contribution in [-0.2, 0) is 6.54 Å². The minimum atomic E-state index is -0.235. The van der Waals surface area contributed by atoms with Gasteiger partial charge in [-0.15, -0.1) is 0 Å². The Labute approximate surface area is 147 Å². The minimum Gasteiger partial charge on any atom is -0.480 e. The third-order valence-corrected chi connectivity index (χ3v) is 4.17. The first kappa shape index (κ1) is 17.1. The van der Waals surface area contributed by atoms with Gasteiger partial charge < -0.3 is 15.0 Å². The van der Waals surface area contributed by atoms with Crippen LogP contribution in [-0.4, -0.2) is 41.1 Å². The molecule has 132 valence electrons. The third kappa shape index (κ3) is 4.23. The standard InChI is InChI=1S/C18H23N5O2/c1-13-11-14(22-18(21-13)23-9-4-3-5-10-23)12-20-16(24)15-7-6-8-19-17(15)25-2/h6-8,11H,3-5,9-10,12H2,1-2H3,(H,20,24). The zero-order valence-electron chi connectivity index (χ0n) is 14.7. The maximum Gasteiger partial charge on any atom is 0.257 e. The zero-order valence-corrected chi connectivity index (χ0v) is 14.7. The van der Waals surface area contributed by atoms with Crippen molar-refractivity contribution in [2.45, 2.75) is 32.7 Å². The van der Waals surface area contributed by atoms with Crippen molar-refractivity contribution in [3.63, 3.8) is 0 Å². The largest absolute Gasteiger partial charge is 0.480 e. The molecule has 7 heteroatoms. The SMILES string of the molecule is COc1ncccc1C(=O)NCc1cc(C)nc(N2CCCCC2)n1. The molecular formula is C18H23N5O2. The van der Waals surface area contributed by atoms with Crippen LogP contribution in [0.3, 0.4) is 0 Å². The van der Waals surface area contributed by atoms with Crippen LogP contribution in [0.4, 0.5) is 5.95 Å². The van der Waals surface area contributed by atoms with Crippen molar-refractivity contribution < 1.29 is 9.53 Å². The Morgan fingerprint density at radius 2 is 2.08 bits per heavy atom. The van der Waals surface area contributed by atoms with Crippen molar-refractivity contribution in [3.8, 4) is 5.88 Å². The number of carbonyl (C=O) groups excluding carboxylic acids is 1. The molecule has 1 saturated heterocycles. The van der Waals surface area contributed by atoms with Crippen LogP contribution in [0.5, 0.6) is 5.88 Å². The lowest BCUT2D eigenvalue weighted by molar-refractivity contribution is 0.0946. The average Bonchev–Trinajstić information content (AvgIpc) is 2.66. The first-order valence-corrected chi connectivity index (χ1v) is 8.54. The van der Waals surface area contributed by atoms with Crippen LogP contribution >= 0.6 is 0 Å². The third-order valence-electron chi connectivity index (χ3n) is 4.17. The number of nitrogens with zero attached hydrogens (tertiary/aromatic N) is 4. The Kier molecular flexibility index (Phi) is 5.42. The summed E-state index contributed by atoms with van der Waals surface area (Å²) in [6.45, 7) is 4.26. The molecule has 1 fully saturated rings. The smallest absolute Gasteiger partial charge is 0.257 e. The zero-order chi connectivity index (χ0) is 17.6. The fraction of sp³-hybridized carbons (Fsp3) is 0.444. The second-order valence-corrected chi connectivity index (χ2v) is 6.09. The molecule has 25 heavy (non-hydrogen) atoms. The summed E-state index contributed by atoms with van der Waals surface area (Å²) in [5, 5.41) is 2.88. The van der Waals surface area contributed by atoms with E-state index in [1.165, 1.54) is 26.4 Å². The van der Waals surface area contributed by atoms with Crippen LogP contribution in [0.2, 0.25) is 0 Å². The molecule has 0 aliphatic carbocycles. The summed E-state index contributed by atoms with van der Waals surface area (Å²) in [5.41, 5.74) is 2.11. The molecule has 2 aromatic heterocycles. The van der Waals surface area contributed by atoms with Gasteiger partial charge in [0.05, 0.1) is 19.3 Å². The van der Waals surface area contributed by atoms with Gasteiger partial charge in [0.1, 0.15) is 5.56 Å². The number of nitrogens with one attached hydrogen (secondary N) is 1. The van der Waals surface area contributed by atoms with Crippen molar-refractivity contribution in [2.24, 2.45) is 0 Å². The number of aromatic nitrogens is 3. The van der Waals surface area contributed by atoms with E-state index in [-0.39, 0.29) is 5.91 Å². The molecule has 0 saturated carbocycles. The van der Waals surface area contributed by atoms with Crippen LogP contribution in [0, 0.1) is 6.92 Å². The second-order valence-electron chi connectivity index (χ2n) is 6.09. The number of anilines is 1. The van der Waals surface area contributed by atoms with E-state index in [0.29, 0.717) is 18.0 Å². The number of hydrogen-bond donors (Lipinski definition) is 1. The first-order valence-electron chi connectivity index (χ1n) is 8.54. The van der Waals surface area contributed by atoms with Crippen LogP contribution in [0.15, 0.2) is 24.4 Å². The molecule has 7 nitrogen and oxygen atoms in total. The maximum absolute atomic E-state index is 12.4. The predicted octanol–water partition coefficient (Wildman–Crippen LogP) is 2.11.